The van der Waals surface area contributed by atoms with E-state index < -0.39 is 10.0 Å². The summed E-state index contributed by atoms with van der Waals surface area (Å²) in [6, 6.07) is 2.34. The highest BCUT2D eigenvalue weighted by atomic mass is 32.2. The maximum atomic E-state index is 12.5. The smallest absolute Gasteiger partial charge is 0.244 e. The van der Waals surface area contributed by atoms with Crippen molar-refractivity contribution in [3.8, 4) is 0 Å². The van der Waals surface area contributed by atoms with Gasteiger partial charge in [0.05, 0.1) is 0 Å². The van der Waals surface area contributed by atoms with Gasteiger partial charge in [-0.15, -0.1) is 0 Å². The van der Waals surface area contributed by atoms with Gasteiger partial charge in [0.1, 0.15) is 4.90 Å². The van der Waals surface area contributed by atoms with Gasteiger partial charge in [-0.05, 0) is 38.8 Å². The summed E-state index contributed by atoms with van der Waals surface area (Å²) in [6.07, 6.45) is 6.11. The first-order valence-electron chi connectivity index (χ1n) is 6.98. The van der Waals surface area contributed by atoms with Gasteiger partial charge in [-0.3, -0.25) is 0 Å². The Hall–Kier alpha value is -0.850. The van der Waals surface area contributed by atoms with Crippen molar-refractivity contribution < 1.29 is 8.42 Å². The molecule has 0 spiro atoms. The van der Waals surface area contributed by atoms with Crippen molar-refractivity contribution in [2.75, 3.05) is 20.1 Å². The predicted octanol–water partition coefficient (Wildman–Crippen LogP) is 1.33. The van der Waals surface area contributed by atoms with E-state index in [1.807, 2.05) is 19.3 Å². The molecule has 1 aromatic rings. The highest BCUT2D eigenvalue weighted by molar-refractivity contribution is 7.89. The van der Waals surface area contributed by atoms with Crippen LogP contribution in [0.3, 0.4) is 0 Å². The minimum Gasteiger partial charge on any atom is -0.346 e. The topological polar surface area (TPSA) is 54.3 Å². The molecule has 1 N–H and O–H groups in total. The van der Waals surface area contributed by atoms with Crippen LogP contribution in [-0.2, 0) is 16.6 Å². The summed E-state index contributed by atoms with van der Waals surface area (Å²) in [5.41, 5.74) is 1.07. The first kappa shape index (κ1) is 13.1. The Balaban J connectivity index is 1.93. The fraction of sp³-hybridized carbons (Fsp3) is 0.692. The molecule has 2 aliphatic rings. The lowest BCUT2D eigenvalue weighted by molar-refractivity contribution is 0.477. The lowest BCUT2D eigenvalue weighted by Crippen LogP contribution is -2.27. The molecule has 2 heterocycles. The molecular formula is C13H21N3O2S. The third kappa shape index (κ3) is 2.44. The van der Waals surface area contributed by atoms with Crippen LogP contribution in [0.2, 0.25) is 0 Å². The van der Waals surface area contributed by atoms with Crippen LogP contribution < -0.4 is 5.32 Å². The van der Waals surface area contributed by atoms with E-state index in [-0.39, 0.29) is 0 Å². The van der Waals surface area contributed by atoms with Crippen molar-refractivity contribution >= 4 is 10.0 Å². The fourth-order valence-corrected chi connectivity index (χ4v) is 4.30. The quantitative estimate of drug-likeness (QED) is 0.887. The van der Waals surface area contributed by atoms with Crippen molar-refractivity contribution in [1.82, 2.24) is 14.2 Å². The SMILES string of the molecule is CNCc1cc(S(=O)(=O)N2CCCC2)cn1C1CC1. The molecule has 1 saturated carbocycles. The zero-order chi connectivity index (χ0) is 13.5. The minimum atomic E-state index is -3.28. The summed E-state index contributed by atoms with van der Waals surface area (Å²) in [4.78, 5) is 0.464. The molecule has 0 aromatic carbocycles. The molecule has 2 fully saturated rings. The Morgan fingerprint density at radius 2 is 2.00 bits per heavy atom. The Bertz CT molecular complexity index is 554. The van der Waals surface area contributed by atoms with Gasteiger partial charge in [-0.1, -0.05) is 0 Å². The van der Waals surface area contributed by atoms with Crippen molar-refractivity contribution in [2.24, 2.45) is 0 Å². The number of sulfonamides is 1. The Morgan fingerprint density at radius 1 is 1.32 bits per heavy atom. The second kappa shape index (κ2) is 4.92. The van der Waals surface area contributed by atoms with Gasteiger partial charge >= 0.3 is 0 Å². The summed E-state index contributed by atoms with van der Waals surface area (Å²) >= 11 is 0. The van der Waals surface area contributed by atoms with Gasteiger partial charge in [-0.25, -0.2) is 8.42 Å². The first-order valence-corrected chi connectivity index (χ1v) is 8.42. The second-order valence-corrected chi connectivity index (χ2v) is 7.39. The predicted molar refractivity (Wildman–Crippen MR) is 73.5 cm³/mol. The van der Waals surface area contributed by atoms with Gasteiger partial charge in [0.15, 0.2) is 0 Å². The monoisotopic (exact) mass is 283 g/mol. The lowest BCUT2D eigenvalue weighted by atomic mass is 10.4. The zero-order valence-electron chi connectivity index (χ0n) is 11.3. The summed E-state index contributed by atoms with van der Waals surface area (Å²) < 4.78 is 28.8. The van der Waals surface area contributed by atoms with Crippen molar-refractivity contribution in [2.45, 2.75) is 43.2 Å². The van der Waals surface area contributed by atoms with Crippen LogP contribution in [0.1, 0.15) is 37.4 Å². The van der Waals surface area contributed by atoms with Gasteiger partial charge < -0.3 is 9.88 Å². The molecule has 19 heavy (non-hydrogen) atoms. The minimum absolute atomic E-state index is 0.464. The van der Waals surface area contributed by atoms with Crippen molar-refractivity contribution in [3.63, 3.8) is 0 Å². The summed E-state index contributed by atoms with van der Waals surface area (Å²) in [5, 5.41) is 3.11. The van der Waals surface area contributed by atoms with Crippen LogP contribution in [0.5, 0.6) is 0 Å². The summed E-state index contributed by atoms with van der Waals surface area (Å²) in [7, 11) is -1.39. The van der Waals surface area contributed by atoms with Crippen LogP contribution in [0.15, 0.2) is 17.2 Å². The molecule has 1 saturated heterocycles. The van der Waals surface area contributed by atoms with Crippen LogP contribution >= 0.6 is 0 Å². The molecular weight excluding hydrogens is 262 g/mol. The Morgan fingerprint density at radius 3 is 2.58 bits per heavy atom. The molecule has 6 heteroatoms. The number of aromatic nitrogens is 1. The fourth-order valence-electron chi connectivity index (χ4n) is 2.73. The van der Waals surface area contributed by atoms with Crippen LogP contribution in [-0.4, -0.2) is 37.4 Å². The number of nitrogens with zero attached hydrogens (tertiary/aromatic N) is 2. The standard InChI is InChI=1S/C13H21N3O2S/c1-14-9-12-8-13(10-16(12)11-4-5-11)19(17,18)15-6-2-3-7-15/h8,10-11,14H,2-7,9H2,1H3. The Kier molecular flexibility index (Phi) is 3.41. The van der Waals surface area contributed by atoms with Gasteiger partial charge in [-0.2, -0.15) is 4.31 Å². The summed E-state index contributed by atoms with van der Waals surface area (Å²) in [6.45, 7) is 2.04. The maximum absolute atomic E-state index is 12.5. The van der Waals surface area contributed by atoms with Gasteiger partial charge in [0.2, 0.25) is 10.0 Å². The van der Waals surface area contributed by atoms with E-state index in [2.05, 4.69) is 9.88 Å². The van der Waals surface area contributed by atoms with E-state index in [1.165, 1.54) is 0 Å². The van der Waals surface area contributed by atoms with Crippen LogP contribution in [0.4, 0.5) is 0 Å². The van der Waals surface area contributed by atoms with Crippen molar-refractivity contribution in [3.05, 3.63) is 18.0 Å². The summed E-state index contributed by atoms with van der Waals surface area (Å²) in [5.74, 6) is 0. The van der Waals surface area contributed by atoms with Crippen LogP contribution in [0, 0.1) is 0 Å². The van der Waals surface area contributed by atoms with Gasteiger partial charge in [0.25, 0.3) is 0 Å². The average molecular weight is 283 g/mol. The van der Waals surface area contributed by atoms with E-state index in [1.54, 1.807) is 4.31 Å². The Labute approximate surface area is 114 Å². The molecule has 1 aliphatic heterocycles. The van der Waals surface area contributed by atoms with E-state index in [0.29, 0.717) is 30.6 Å². The first-order chi connectivity index (χ1) is 9.13. The largest absolute Gasteiger partial charge is 0.346 e. The average Bonchev–Trinajstić information content (AvgIpc) is 2.93. The molecule has 0 bridgehead atoms. The normalized spacial score (nSPS) is 21.1. The zero-order valence-corrected chi connectivity index (χ0v) is 12.1. The molecule has 106 valence electrons. The molecule has 0 unspecified atom stereocenters. The third-order valence-electron chi connectivity index (χ3n) is 3.91. The third-order valence-corrected chi connectivity index (χ3v) is 5.77. The molecule has 1 aliphatic carbocycles. The lowest BCUT2D eigenvalue weighted by Gasteiger charge is -2.13. The van der Waals surface area contributed by atoms with Crippen molar-refractivity contribution in [1.29, 1.82) is 0 Å². The van der Waals surface area contributed by atoms with E-state index in [4.69, 9.17) is 0 Å². The van der Waals surface area contributed by atoms with Gasteiger partial charge in [0, 0.05) is 37.6 Å². The van der Waals surface area contributed by atoms with E-state index in [0.717, 1.165) is 31.4 Å². The van der Waals surface area contributed by atoms with Crippen LogP contribution in [0.25, 0.3) is 0 Å². The number of hydrogen-bond acceptors (Lipinski definition) is 3. The molecule has 0 atom stereocenters. The molecule has 3 rings (SSSR count). The maximum Gasteiger partial charge on any atom is 0.244 e. The number of nitrogens with one attached hydrogen (secondary N) is 1. The number of rotatable bonds is 5. The van der Waals surface area contributed by atoms with E-state index in [9.17, 15) is 8.42 Å². The second-order valence-electron chi connectivity index (χ2n) is 5.45. The molecule has 1 aromatic heterocycles. The molecule has 5 nitrogen and oxygen atoms in total. The highest BCUT2D eigenvalue weighted by Crippen LogP contribution is 2.37. The number of hydrogen-bond donors (Lipinski definition) is 1. The molecule has 0 amide bonds. The van der Waals surface area contributed by atoms with E-state index >= 15 is 0 Å². The highest BCUT2D eigenvalue weighted by Gasteiger charge is 2.31. The molecule has 0 radical (unpaired) electrons.